The largest absolute Gasteiger partial charge is 0.481 e. The quantitative estimate of drug-likeness (QED) is 0.590. The van der Waals surface area contributed by atoms with Gasteiger partial charge in [0, 0.05) is 6.42 Å². The molecule has 0 aromatic rings. The molecule has 0 saturated heterocycles. The molecule has 0 aromatic heterocycles. The van der Waals surface area contributed by atoms with Gasteiger partial charge in [0.05, 0.1) is 13.0 Å². The number of rotatable bonds is 6. The molecule has 6 heteroatoms. The lowest BCUT2D eigenvalue weighted by molar-refractivity contribution is -0.138. The van der Waals surface area contributed by atoms with Gasteiger partial charge in [-0.25, -0.2) is 0 Å². The van der Waals surface area contributed by atoms with Crippen molar-refractivity contribution >= 4 is 29.3 Å². The number of amides is 1. The van der Waals surface area contributed by atoms with E-state index in [4.69, 9.17) is 16.7 Å². The average molecular weight is 208 g/mol. The van der Waals surface area contributed by atoms with Gasteiger partial charge < -0.3 is 10.4 Å². The third-order valence-electron chi connectivity index (χ3n) is 1.22. The minimum Gasteiger partial charge on any atom is -0.481 e. The van der Waals surface area contributed by atoms with Gasteiger partial charge >= 0.3 is 5.97 Å². The molecule has 13 heavy (non-hydrogen) atoms. The summed E-state index contributed by atoms with van der Waals surface area (Å²) in [4.78, 5) is 31.4. The Morgan fingerprint density at radius 3 is 2.31 bits per heavy atom. The summed E-state index contributed by atoms with van der Waals surface area (Å²) in [6.45, 7) is -0.154. The number of hydrogen-bond acceptors (Lipinski definition) is 3. The molecule has 1 amide bonds. The SMILES string of the molecule is O=C(O)CCC(=O)CNC(=O)CCl. The number of hydrogen-bond donors (Lipinski definition) is 2. The zero-order chi connectivity index (χ0) is 10.3. The van der Waals surface area contributed by atoms with Crippen LogP contribution in [0, 0.1) is 0 Å². The van der Waals surface area contributed by atoms with Crippen LogP contribution in [0.25, 0.3) is 0 Å². The third-order valence-corrected chi connectivity index (χ3v) is 1.46. The topological polar surface area (TPSA) is 83.5 Å². The minimum absolute atomic E-state index is 0.0715. The molecule has 0 radical (unpaired) electrons. The summed E-state index contributed by atoms with van der Waals surface area (Å²) in [5, 5.41) is 10.5. The third kappa shape index (κ3) is 7.27. The molecule has 0 fully saturated rings. The van der Waals surface area contributed by atoms with E-state index in [-0.39, 0.29) is 31.0 Å². The number of carbonyl (C=O) groups excluding carboxylic acids is 2. The Balaban J connectivity index is 3.52. The van der Waals surface area contributed by atoms with Gasteiger partial charge in [0.15, 0.2) is 5.78 Å². The summed E-state index contributed by atoms with van der Waals surface area (Å²) in [6.07, 6.45) is -0.284. The van der Waals surface area contributed by atoms with Crippen LogP contribution in [0.5, 0.6) is 0 Å². The summed E-state index contributed by atoms with van der Waals surface area (Å²) in [6, 6.07) is 0. The summed E-state index contributed by atoms with van der Waals surface area (Å²) in [5.74, 6) is -1.99. The van der Waals surface area contributed by atoms with E-state index < -0.39 is 11.9 Å². The maximum Gasteiger partial charge on any atom is 0.303 e. The van der Waals surface area contributed by atoms with Gasteiger partial charge in [0.1, 0.15) is 5.88 Å². The normalized spacial score (nSPS) is 9.31. The number of Topliss-reactive ketones (excluding diaryl/α,β-unsaturated/α-hetero) is 1. The van der Waals surface area contributed by atoms with Crippen LogP contribution in [0.15, 0.2) is 0 Å². The van der Waals surface area contributed by atoms with Crippen LogP contribution in [0.3, 0.4) is 0 Å². The van der Waals surface area contributed by atoms with Crippen molar-refractivity contribution in [2.45, 2.75) is 12.8 Å². The highest BCUT2D eigenvalue weighted by atomic mass is 35.5. The molecule has 5 nitrogen and oxygen atoms in total. The first-order valence-electron chi connectivity index (χ1n) is 3.62. The molecule has 0 aliphatic rings. The predicted molar refractivity (Wildman–Crippen MR) is 45.6 cm³/mol. The van der Waals surface area contributed by atoms with E-state index in [1.807, 2.05) is 0 Å². The second kappa shape index (κ2) is 6.42. The smallest absolute Gasteiger partial charge is 0.303 e. The minimum atomic E-state index is -1.03. The molecule has 0 atom stereocenters. The molecule has 0 heterocycles. The molecule has 0 aliphatic heterocycles. The molecular formula is C7H10ClNO4. The first-order chi connectivity index (χ1) is 6.06. The number of halogens is 1. The Bertz CT molecular complexity index is 217. The van der Waals surface area contributed by atoms with Gasteiger partial charge in [0.25, 0.3) is 0 Å². The standard InChI is InChI=1S/C7H10ClNO4/c8-3-6(11)9-4-5(10)1-2-7(12)13/h1-4H2,(H,9,11)(H,12,13). The number of carboxylic acid groups (broad SMARTS) is 1. The molecule has 0 unspecified atom stereocenters. The maximum absolute atomic E-state index is 10.8. The van der Waals surface area contributed by atoms with E-state index in [0.29, 0.717) is 0 Å². The van der Waals surface area contributed by atoms with E-state index >= 15 is 0 Å². The second-order valence-electron chi connectivity index (χ2n) is 2.34. The van der Waals surface area contributed by atoms with Crippen molar-refractivity contribution in [2.24, 2.45) is 0 Å². The van der Waals surface area contributed by atoms with Crippen molar-refractivity contribution in [1.29, 1.82) is 0 Å². The van der Waals surface area contributed by atoms with Crippen LogP contribution in [-0.4, -0.2) is 35.2 Å². The maximum atomic E-state index is 10.8. The number of carbonyl (C=O) groups is 3. The van der Waals surface area contributed by atoms with Gasteiger partial charge in [0.2, 0.25) is 5.91 Å². The molecule has 0 bridgehead atoms. The fourth-order valence-corrected chi connectivity index (χ4v) is 0.674. The van der Waals surface area contributed by atoms with E-state index in [1.165, 1.54) is 0 Å². The van der Waals surface area contributed by atoms with Crippen LogP contribution in [-0.2, 0) is 14.4 Å². The van der Waals surface area contributed by atoms with Gasteiger partial charge in [-0.15, -0.1) is 11.6 Å². The van der Waals surface area contributed by atoms with Crippen molar-refractivity contribution < 1.29 is 19.5 Å². The highest BCUT2D eigenvalue weighted by Crippen LogP contribution is 1.89. The molecule has 74 valence electrons. The van der Waals surface area contributed by atoms with Gasteiger partial charge in [-0.1, -0.05) is 0 Å². The number of alkyl halides is 1. The monoisotopic (exact) mass is 207 g/mol. The fourth-order valence-electron chi connectivity index (χ4n) is 0.579. The average Bonchev–Trinajstić information content (AvgIpc) is 2.10. The second-order valence-corrected chi connectivity index (χ2v) is 2.61. The van der Waals surface area contributed by atoms with Crippen LogP contribution in [0.1, 0.15) is 12.8 Å². The molecule has 0 saturated carbocycles. The molecule has 2 N–H and O–H groups in total. The lowest BCUT2D eigenvalue weighted by Gasteiger charge is -2.00. The van der Waals surface area contributed by atoms with Crippen molar-refractivity contribution in [2.75, 3.05) is 12.4 Å². The molecular weight excluding hydrogens is 198 g/mol. The van der Waals surface area contributed by atoms with E-state index in [0.717, 1.165) is 0 Å². The number of aliphatic carboxylic acids is 1. The number of carboxylic acids is 1. The number of nitrogens with one attached hydrogen (secondary N) is 1. The van der Waals surface area contributed by atoms with Gasteiger partial charge in [-0.2, -0.15) is 0 Å². The van der Waals surface area contributed by atoms with Crippen molar-refractivity contribution in [3.05, 3.63) is 0 Å². The summed E-state index contributed by atoms with van der Waals surface area (Å²) in [5.41, 5.74) is 0. The molecule has 0 aromatic carbocycles. The van der Waals surface area contributed by atoms with E-state index in [9.17, 15) is 14.4 Å². The summed E-state index contributed by atoms with van der Waals surface area (Å²) < 4.78 is 0. The van der Waals surface area contributed by atoms with E-state index in [1.54, 1.807) is 0 Å². The fraction of sp³-hybridized carbons (Fsp3) is 0.571. The van der Waals surface area contributed by atoms with Crippen molar-refractivity contribution in [1.82, 2.24) is 5.32 Å². The van der Waals surface area contributed by atoms with E-state index in [2.05, 4.69) is 5.32 Å². The highest BCUT2D eigenvalue weighted by Gasteiger charge is 2.06. The Labute approximate surface area is 80.1 Å². The Morgan fingerprint density at radius 2 is 1.85 bits per heavy atom. The first-order valence-corrected chi connectivity index (χ1v) is 4.16. The Kier molecular flexibility index (Phi) is 5.88. The summed E-state index contributed by atoms with van der Waals surface area (Å²) >= 11 is 5.15. The highest BCUT2D eigenvalue weighted by molar-refractivity contribution is 6.27. The predicted octanol–water partition coefficient (Wildman–Crippen LogP) is -0.225. The van der Waals surface area contributed by atoms with Crippen LogP contribution >= 0.6 is 11.6 Å². The van der Waals surface area contributed by atoms with Gasteiger partial charge in [-0.3, -0.25) is 14.4 Å². The first kappa shape index (κ1) is 11.9. The summed E-state index contributed by atoms with van der Waals surface area (Å²) in [7, 11) is 0. The lowest BCUT2D eigenvalue weighted by Crippen LogP contribution is -2.30. The van der Waals surface area contributed by atoms with Crippen LogP contribution in [0.2, 0.25) is 0 Å². The Morgan fingerprint density at radius 1 is 1.23 bits per heavy atom. The van der Waals surface area contributed by atoms with Crippen molar-refractivity contribution in [3.63, 3.8) is 0 Å². The lowest BCUT2D eigenvalue weighted by atomic mass is 10.2. The zero-order valence-corrected chi connectivity index (χ0v) is 7.63. The number of ketones is 1. The molecule has 0 rings (SSSR count). The van der Waals surface area contributed by atoms with Crippen LogP contribution in [0.4, 0.5) is 0 Å². The van der Waals surface area contributed by atoms with Crippen molar-refractivity contribution in [3.8, 4) is 0 Å². The molecule has 0 aliphatic carbocycles. The molecule has 0 spiro atoms. The van der Waals surface area contributed by atoms with Gasteiger partial charge in [-0.05, 0) is 0 Å². The Hall–Kier alpha value is -1.10. The van der Waals surface area contributed by atoms with Crippen LogP contribution < -0.4 is 5.32 Å². The zero-order valence-electron chi connectivity index (χ0n) is 6.88.